The number of hydrogen-bond donors (Lipinski definition) is 2. The lowest BCUT2D eigenvalue weighted by atomic mass is 9.79. The maximum absolute atomic E-state index is 10.7. The zero-order valence-corrected chi connectivity index (χ0v) is 11.2. The Morgan fingerprint density at radius 2 is 2.11 bits per heavy atom. The van der Waals surface area contributed by atoms with Crippen molar-refractivity contribution in [2.45, 2.75) is 49.8 Å². The summed E-state index contributed by atoms with van der Waals surface area (Å²) in [6.07, 6.45) is 6.30. The van der Waals surface area contributed by atoms with Gasteiger partial charge in [0.1, 0.15) is 5.60 Å². The van der Waals surface area contributed by atoms with Crippen molar-refractivity contribution in [2.24, 2.45) is 5.73 Å². The highest BCUT2D eigenvalue weighted by molar-refractivity contribution is 5.12. The average Bonchev–Trinajstić information content (AvgIpc) is 2.87. The van der Waals surface area contributed by atoms with Gasteiger partial charge in [-0.25, -0.2) is 0 Å². The van der Waals surface area contributed by atoms with Gasteiger partial charge >= 0.3 is 0 Å². The summed E-state index contributed by atoms with van der Waals surface area (Å²) >= 11 is 0. The van der Waals surface area contributed by atoms with Crippen LogP contribution in [-0.2, 0) is 5.60 Å². The quantitative estimate of drug-likeness (QED) is 0.818. The molecular formula is C14H22N4O. The maximum atomic E-state index is 10.7. The average molecular weight is 262 g/mol. The topological polar surface area (TPSA) is 75.3 Å². The van der Waals surface area contributed by atoms with Crippen molar-refractivity contribution in [3.63, 3.8) is 0 Å². The van der Waals surface area contributed by atoms with Crippen LogP contribution in [0.25, 0.3) is 0 Å². The third-order valence-electron chi connectivity index (χ3n) is 4.60. The van der Waals surface area contributed by atoms with Gasteiger partial charge in [0, 0.05) is 31.4 Å². The molecule has 104 valence electrons. The molecule has 3 N–H and O–H groups in total. The summed E-state index contributed by atoms with van der Waals surface area (Å²) in [4.78, 5) is 2.49. The van der Waals surface area contributed by atoms with Gasteiger partial charge in [-0.15, -0.1) is 0 Å². The molecule has 0 spiro atoms. The minimum atomic E-state index is -0.785. The fourth-order valence-electron chi connectivity index (χ4n) is 3.40. The van der Waals surface area contributed by atoms with Crippen molar-refractivity contribution in [2.75, 3.05) is 13.1 Å². The van der Waals surface area contributed by atoms with Gasteiger partial charge in [0.2, 0.25) is 0 Å². The van der Waals surface area contributed by atoms with Gasteiger partial charge in [-0.1, -0.05) is 0 Å². The van der Waals surface area contributed by atoms with Gasteiger partial charge in [-0.2, -0.15) is 10.2 Å². The molecule has 1 aromatic rings. The summed E-state index contributed by atoms with van der Waals surface area (Å²) in [5.41, 5.74) is 5.90. The smallest absolute Gasteiger partial charge is 0.108 e. The van der Waals surface area contributed by atoms with Gasteiger partial charge in [0.25, 0.3) is 0 Å². The van der Waals surface area contributed by atoms with Crippen LogP contribution >= 0.6 is 0 Å². The van der Waals surface area contributed by atoms with Gasteiger partial charge < -0.3 is 10.8 Å². The third-order valence-corrected chi connectivity index (χ3v) is 4.60. The molecule has 2 fully saturated rings. The maximum Gasteiger partial charge on any atom is 0.108 e. The van der Waals surface area contributed by atoms with E-state index in [1.54, 1.807) is 6.20 Å². The highest BCUT2D eigenvalue weighted by Crippen LogP contribution is 2.38. The number of likely N-dealkylation sites (tertiary alicyclic amines) is 1. The number of rotatable bonds is 2. The molecule has 5 heteroatoms. The van der Waals surface area contributed by atoms with E-state index in [0.29, 0.717) is 17.8 Å². The molecule has 0 unspecified atom stereocenters. The number of nitrogens with zero attached hydrogens (tertiary/aromatic N) is 3. The second-order valence-corrected chi connectivity index (χ2v) is 5.92. The predicted molar refractivity (Wildman–Crippen MR) is 72.4 cm³/mol. The summed E-state index contributed by atoms with van der Waals surface area (Å²) in [6.45, 7) is 2.11. The molecule has 2 heterocycles. The van der Waals surface area contributed by atoms with Gasteiger partial charge in [0.05, 0.1) is 5.69 Å². The lowest BCUT2D eigenvalue weighted by Gasteiger charge is -2.39. The van der Waals surface area contributed by atoms with Crippen LogP contribution in [0.1, 0.15) is 37.8 Å². The Bertz CT molecular complexity index is 417. The highest BCUT2D eigenvalue weighted by atomic mass is 16.3. The molecule has 3 rings (SSSR count). The summed E-state index contributed by atoms with van der Waals surface area (Å²) in [7, 11) is 0. The number of aromatic nitrogens is 2. The first-order chi connectivity index (χ1) is 9.17. The normalized spacial score (nSPS) is 36.5. The molecule has 1 aliphatic carbocycles. The van der Waals surface area contributed by atoms with Crippen LogP contribution in [0.4, 0.5) is 0 Å². The lowest BCUT2D eigenvalue weighted by Crippen LogP contribution is -2.42. The molecule has 0 amide bonds. The largest absolute Gasteiger partial charge is 0.383 e. The first kappa shape index (κ1) is 13.0. The standard InChI is InChI=1S/C14H22N4O/c15-11-5-9-18(10-11)12-3-6-14(19,7-4-12)13-2-1-8-16-17-13/h1-2,8,11-12,19H,3-7,9-10,15H2/t11-,12?,14?/m1/s1. The Balaban J connectivity index is 1.63. The molecule has 19 heavy (non-hydrogen) atoms. The van der Waals surface area contributed by atoms with Crippen molar-refractivity contribution < 1.29 is 5.11 Å². The molecule has 1 aromatic heterocycles. The third kappa shape index (κ3) is 2.63. The molecule has 0 aromatic carbocycles. The molecular weight excluding hydrogens is 240 g/mol. The Hall–Kier alpha value is -1.04. The van der Waals surface area contributed by atoms with Gasteiger partial charge in [-0.3, -0.25) is 4.90 Å². The minimum Gasteiger partial charge on any atom is -0.383 e. The monoisotopic (exact) mass is 262 g/mol. The van der Waals surface area contributed by atoms with Crippen LogP contribution in [0.15, 0.2) is 18.3 Å². The van der Waals surface area contributed by atoms with Crippen LogP contribution in [0.2, 0.25) is 0 Å². The SMILES string of the molecule is N[C@@H]1CCN(C2CCC(O)(c3cccnn3)CC2)C1. The molecule has 0 radical (unpaired) electrons. The molecule has 5 nitrogen and oxygen atoms in total. The summed E-state index contributed by atoms with van der Waals surface area (Å²) < 4.78 is 0. The van der Waals surface area contributed by atoms with Gasteiger partial charge in [-0.05, 0) is 44.2 Å². The van der Waals surface area contributed by atoms with Crippen LogP contribution < -0.4 is 5.73 Å². The van der Waals surface area contributed by atoms with Crippen molar-refractivity contribution in [3.05, 3.63) is 24.0 Å². The molecule has 0 bridgehead atoms. The van der Waals surface area contributed by atoms with E-state index in [-0.39, 0.29) is 0 Å². The summed E-state index contributed by atoms with van der Waals surface area (Å²) in [5, 5.41) is 18.7. The zero-order valence-electron chi connectivity index (χ0n) is 11.2. The second kappa shape index (κ2) is 5.15. The van der Waals surface area contributed by atoms with Crippen molar-refractivity contribution in [1.29, 1.82) is 0 Å². The van der Waals surface area contributed by atoms with E-state index >= 15 is 0 Å². The second-order valence-electron chi connectivity index (χ2n) is 5.92. The molecule has 1 saturated heterocycles. The van der Waals surface area contributed by atoms with E-state index in [4.69, 9.17) is 5.73 Å². The van der Waals surface area contributed by atoms with E-state index in [9.17, 15) is 5.11 Å². The lowest BCUT2D eigenvalue weighted by molar-refractivity contribution is -0.0263. The Kier molecular flexibility index (Phi) is 3.52. The fraction of sp³-hybridized carbons (Fsp3) is 0.714. The van der Waals surface area contributed by atoms with Crippen LogP contribution in [0, 0.1) is 0 Å². The first-order valence-electron chi connectivity index (χ1n) is 7.17. The van der Waals surface area contributed by atoms with Crippen LogP contribution in [0.5, 0.6) is 0 Å². The fourth-order valence-corrected chi connectivity index (χ4v) is 3.40. The minimum absolute atomic E-state index is 0.334. The Morgan fingerprint density at radius 1 is 1.32 bits per heavy atom. The van der Waals surface area contributed by atoms with E-state index in [1.807, 2.05) is 12.1 Å². The van der Waals surface area contributed by atoms with Crippen molar-refractivity contribution in [1.82, 2.24) is 15.1 Å². The summed E-state index contributed by atoms with van der Waals surface area (Å²) in [6, 6.07) is 4.62. The molecule has 1 aliphatic heterocycles. The molecule has 1 saturated carbocycles. The molecule has 2 aliphatic rings. The number of hydrogen-bond acceptors (Lipinski definition) is 5. The first-order valence-corrected chi connectivity index (χ1v) is 7.17. The highest BCUT2D eigenvalue weighted by Gasteiger charge is 2.38. The Labute approximate surface area is 113 Å². The molecule has 1 atom stereocenters. The van der Waals surface area contributed by atoms with Crippen LogP contribution in [-0.4, -0.2) is 45.4 Å². The van der Waals surface area contributed by atoms with E-state index in [2.05, 4.69) is 15.1 Å². The summed E-state index contributed by atoms with van der Waals surface area (Å²) in [5.74, 6) is 0. The van der Waals surface area contributed by atoms with E-state index in [0.717, 1.165) is 45.2 Å². The zero-order chi connectivity index (χ0) is 13.3. The van der Waals surface area contributed by atoms with Crippen molar-refractivity contribution in [3.8, 4) is 0 Å². The Morgan fingerprint density at radius 3 is 2.68 bits per heavy atom. The van der Waals surface area contributed by atoms with Crippen molar-refractivity contribution >= 4 is 0 Å². The van der Waals surface area contributed by atoms with Gasteiger partial charge in [0.15, 0.2) is 0 Å². The van der Waals surface area contributed by atoms with E-state index < -0.39 is 5.60 Å². The number of aliphatic hydroxyl groups is 1. The van der Waals surface area contributed by atoms with E-state index in [1.165, 1.54) is 0 Å². The van der Waals surface area contributed by atoms with Crippen LogP contribution in [0.3, 0.4) is 0 Å². The number of nitrogens with two attached hydrogens (primary N) is 1. The predicted octanol–water partition coefficient (Wildman–Crippen LogP) is 0.640.